The Morgan fingerprint density at radius 3 is 2.57 bits per heavy atom. The molecule has 4 nitrogen and oxygen atoms in total. The average Bonchev–Trinajstić information content (AvgIpc) is 2.44. The van der Waals surface area contributed by atoms with Crippen LogP contribution >= 0.6 is 15.9 Å². The van der Waals surface area contributed by atoms with Crippen LogP contribution in [-0.4, -0.2) is 24.3 Å². The standard InChI is InChI=1S/C15H12BrFO4/c16-10-3-1-4-11(9-10)20-7-8-21-14-12(15(18)19)5-2-6-13(14)17/h1-6,9H,7-8H2,(H,18,19). The van der Waals surface area contributed by atoms with Gasteiger partial charge in [0.05, 0.1) is 0 Å². The van der Waals surface area contributed by atoms with Crippen molar-refractivity contribution in [3.63, 3.8) is 0 Å². The molecule has 6 heteroatoms. The smallest absolute Gasteiger partial charge is 0.339 e. The molecule has 0 fully saturated rings. The third-order valence-electron chi connectivity index (χ3n) is 2.59. The van der Waals surface area contributed by atoms with Crippen LogP contribution in [0.5, 0.6) is 11.5 Å². The fourth-order valence-electron chi connectivity index (χ4n) is 1.68. The van der Waals surface area contributed by atoms with Gasteiger partial charge < -0.3 is 14.6 Å². The summed E-state index contributed by atoms with van der Waals surface area (Å²) in [5.41, 5.74) is -0.211. The van der Waals surface area contributed by atoms with Crippen LogP contribution in [0.3, 0.4) is 0 Å². The number of ether oxygens (including phenoxy) is 2. The van der Waals surface area contributed by atoms with E-state index < -0.39 is 11.8 Å². The van der Waals surface area contributed by atoms with Crippen LogP contribution in [0.15, 0.2) is 46.9 Å². The average molecular weight is 355 g/mol. The third-order valence-corrected chi connectivity index (χ3v) is 3.09. The number of para-hydroxylation sites is 1. The molecule has 0 saturated carbocycles. The lowest BCUT2D eigenvalue weighted by Gasteiger charge is -2.11. The first-order chi connectivity index (χ1) is 10.1. The van der Waals surface area contributed by atoms with E-state index >= 15 is 0 Å². The van der Waals surface area contributed by atoms with E-state index in [9.17, 15) is 9.18 Å². The summed E-state index contributed by atoms with van der Waals surface area (Å²) < 4.78 is 25.1. The van der Waals surface area contributed by atoms with Gasteiger partial charge in [0.1, 0.15) is 24.5 Å². The molecule has 0 amide bonds. The van der Waals surface area contributed by atoms with Crippen LogP contribution in [0.2, 0.25) is 0 Å². The van der Waals surface area contributed by atoms with E-state index in [2.05, 4.69) is 15.9 Å². The maximum absolute atomic E-state index is 13.6. The van der Waals surface area contributed by atoms with E-state index in [4.69, 9.17) is 14.6 Å². The molecule has 0 aromatic heterocycles. The van der Waals surface area contributed by atoms with Gasteiger partial charge in [-0.3, -0.25) is 0 Å². The van der Waals surface area contributed by atoms with Gasteiger partial charge in [-0.25, -0.2) is 9.18 Å². The summed E-state index contributed by atoms with van der Waals surface area (Å²) in [6.07, 6.45) is 0. The predicted octanol–water partition coefficient (Wildman–Crippen LogP) is 3.74. The maximum Gasteiger partial charge on any atom is 0.339 e. The third kappa shape index (κ3) is 4.19. The SMILES string of the molecule is O=C(O)c1cccc(F)c1OCCOc1cccc(Br)c1. The van der Waals surface area contributed by atoms with Crippen LogP contribution in [0.1, 0.15) is 10.4 Å². The molecule has 0 aliphatic rings. The number of hydrogen-bond donors (Lipinski definition) is 1. The second-order valence-corrected chi connectivity index (χ2v) is 4.99. The summed E-state index contributed by atoms with van der Waals surface area (Å²) in [6.45, 7) is 0.206. The second kappa shape index (κ2) is 7.08. The lowest BCUT2D eigenvalue weighted by Crippen LogP contribution is -2.12. The van der Waals surface area contributed by atoms with Gasteiger partial charge in [0, 0.05) is 4.47 Å². The zero-order valence-corrected chi connectivity index (χ0v) is 12.5. The molecule has 0 spiro atoms. The maximum atomic E-state index is 13.6. The minimum Gasteiger partial charge on any atom is -0.490 e. The molecule has 0 unspecified atom stereocenters. The molecule has 21 heavy (non-hydrogen) atoms. The molecule has 0 radical (unpaired) electrons. The number of rotatable bonds is 6. The summed E-state index contributed by atoms with van der Waals surface area (Å²) in [5.74, 6) is -1.59. The normalized spacial score (nSPS) is 10.2. The van der Waals surface area contributed by atoms with Gasteiger partial charge in [-0.05, 0) is 30.3 Å². The van der Waals surface area contributed by atoms with Crippen molar-refractivity contribution in [3.8, 4) is 11.5 Å². The van der Waals surface area contributed by atoms with Crippen molar-refractivity contribution < 1.29 is 23.8 Å². The van der Waals surface area contributed by atoms with Gasteiger partial charge in [0.25, 0.3) is 0 Å². The Morgan fingerprint density at radius 2 is 1.86 bits per heavy atom. The van der Waals surface area contributed by atoms with Crippen molar-refractivity contribution in [1.29, 1.82) is 0 Å². The Balaban J connectivity index is 1.93. The highest BCUT2D eigenvalue weighted by Crippen LogP contribution is 2.23. The Kier molecular flexibility index (Phi) is 5.16. The summed E-state index contributed by atoms with van der Waals surface area (Å²) in [6, 6.07) is 11.0. The fraction of sp³-hybridized carbons (Fsp3) is 0.133. The second-order valence-electron chi connectivity index (χ2n) is 4.08. The Morgan fingerprint density at radius 1 is 1.14 bits per heavy atom. The minimum atomic E-state index is -1.24. The molecule has 2 aromatic carbocycles. The molecule has 1 N–H and O–H groups in total. The summed E-state index contributed by atoms with van der Waals surface area (Å²) >= 11 is 3.32. The number of halogens is 2. The van der Waals surface area contributed by atoms with Crippen molar-refractivity contribution in [2.24, 2.45) is 0 Å². The molecule has 0 bridgehead atoms. The van der Waals surface area contributed by atoms with Gasteiger partial charge in [0.2, 0.25) is 0 Å². The van der Waals surface area contributed by atoms with Crippen molar-refractivity contribution in [1.82, 2.24) is 0 Å². The first kappa shape index (κ1) is 15.3. The van der Waals surface area contributed by atoms with Gasteiger partial charge in [-0.1, -0.05) is 28.1 Å². The van der Waals surface area contributed by atoms with E-state index in [1.54, 1.807) is 12.1 Å². The molecule has 2 rings (SSSR count). The quantitative estimate of drug-likeness (QED) is 0.802. The number of carboxylic acids is 1. The Hall–Kier alpha value is -2.08. The molecule has 0 heterocycles. The van der Waals surface area contributed by atoms with Crippen LogP contribution in [-0.2, 0) is 0 Å². The first-order valence-electron chi connectivity index (χ1n) is 6.11. The van der Waals surface area contributed by atoms with E-state index in [0.29, 0.717) is 5.75 Å². The van der Waals surface area contributed by atoms with Crippen molar-refractivity contribution in [3.05, 3.63) is 58.3 Å². The molecular weight excluding hydrogens is 343 g/mol. The van der Waals surface area contributed by atoms with E-state index in [1.807, 2.05) is 12.1 Å². The van der Waals surface area contributed by atoms with Gasteiger partial charge in [-0.2, -0.15) is 0 Å². The minimum absolute atomic E-state index is 0.0354. The summed E-state index contributed by atoms with van der Waals surface area (Å²) in [5, 5.41) is 8.97. The highest BCUT2D eigenvalue weighted by molar-refractivity contribution is 9.10. The number of benzene rings is 2. The van der Waals surface area contributed by atoms with Crippen LogP contribution in [0, 0.1) is 5.82 Å². The lowest BCUT2D eigenvalue weighted by molar-refractivity contribution is 0.0690. The van der Waals surface area contributed by atoms with Crippen molar-refractivity contribution >= 4 is 21.9 Å². The van der Waals surface area contributed by atoms with Crippen LogP contribution < -0.4 is 9.47 Å². The van der Waals surface area contributed by atoms with E-state index in [-0.39, 0.29) is 24.5 Å². The fourth-order valence-corrected chi connectivity index (χ4v) is 2.06. The topological polar surface area (TPSA) is 55.8 Å². The van der Waals surface area contributed by atoms with Crippen molar-refractivity contribution in [2.45, 2.75) is 0 Å². The molecule has 0 atom stereocenters. The zero-order chi connectivity index (χ0) is 15.2. The largest absolute Gasteiger partial charge is 0.490 e. The Labute approximate surface area is 129 Å². The highest BCUT2D eigenvalue weighted by Gasteiger charge is 2.15. The highest BCUT2D eigenvalue weighted by atomic mass is 79.9. The van der Waals surface area contributed by atoms with Crippen LogP contribution in [0.4, 0.5) is 4.39 Å². The number of hydrogen-bond acceptors (Lipinski definition) is 3. The Bertz CT molecular complexity index is 645. The van der Waals surface area contributed by atoms with Gasteiger partial charge in [-0.15, -0.1) is 0 Å². The summed E-state index contributed by atoms with van der Waals surface area (Å²) in [4.78, 5) is 11.0. The van der Waals surface area contributed by atoms with Gasteiger partial charge in [0.15, 0.2) is 11.6 Å². The zero-order valence-electron chi connectivity index (χ0n) is 10.9. The predicted molar refractivity (Wildman–Crippen MR) is 78.5 cm³/mol. The molecule has 0 saturated heterocycles. The number of aromatic carboxylic acids is 1. The van der Waals surface area contributed by atoms with Crippen molar-refractivity contribution in [2.75, 3.05) is 13.2 Å². The molecule has 0 aliphatic carbocycles. The molecular formula is C15H12BrFO4. The monoisotopic (exact) mass is 354 g/mol. The molecule has 0 aliphatic heterocycles. The number of carboxylic acid groups (broad SMARTS) is 1. The van der Waals surface area contributed by atoms with Gasteiger partial charge >= 0.3 is 5.97 Å². The molecule has 110 valence electrons. The number of carbonyl (C=O) groups is 1. The lowest BCUT2D eigenvalue weighted by atomic mass is 10.2. The molecule has 2 aromatic rings. The van der Waals surface area contributed by atoms with E-state index in [1.165, 1.54) is 12.1 Å². The van der Waals surface area contributed by atoms with E-state index in [0.717, 1.165) is 10.5 Å². The van der Waals surface area contributed by atoms with Crippen LogP contribution in [0.25, 0.3) is 0 Å². The summed E-state index contributed by atoms with van der Waals surface area (Å²) in [7, 11) is 0. The first-order valence-corrected chi connectivity index (χ1v) is 6.90.